The minimum Gasteiger partial charge on any atom is -0.310 e. The van der Waals surface area contributed by atoms with Gasteiger partial charge in [0.15, 0.2) is 0 Å². The van der Waals surface area contributed by atoms with Gasteiger partial charge in [0.25, 0.3) is 0 Å². The molecule has 1 aliphatic rings. The molecule has 1 heteroatoms. The molecule has 0 saturated heterocycles. The Morgan fingerprint density at radius 3 is 2.67 bits per heavy atom. The van der Waals surface area contributed by atoms with E-state index in [1.807, 2.05) is 0 Å². The highest BCUT2D eigenvalue weighted by atomic mass is 14.9. The summed E-state index contributed by atoms with van der Waals surface area (Å²) in [7, 11) is 0. The van der Waals surface area contributed by atoms with E-state index in [0.29, 0.717) is 6.04 Å². The summed E-state index contributed by atoms with van der Waals surface area (Å²) in [5, 5.41) is 3.65. The molecule has 0 aromatic heterocycles. The maximum absolute atomic E-state index is 3.65. The molecule has 15 heavy (non-hydrogen) atoms. The predicted molar refractivity (Wildman–Crippen MR) is 65.1 cm³/mol. The Bertz CT molecular complexity index is 319. The lowest BCUT2D eigenvalue weighted by Gasteiger charge is -2.30. The van der Waals surface area contributed by atoms with Gasteiger partial charge in [-0.3, -0.25) is 0 Å². The smallest absolute Gasteiger partial charge is 0.0323 e. The lowest BCUT2D eigenvalue weighted by molar-refractivity contribution is 0.433. The van der Waals surface area contributed by atoms with Gasteiger partial charge in [0.1, 0.15) is 0 Å². The molecular formula is C14H21N. The maximum Gasteiger partial charge on any atom is 0.0323 e. The molecule has 0 heterocycles. The first-order valence-electron chi connectivity index (χ1n) is 6.15. The number of nitrogens with one attached hydrogen (secondary N) is 1. The molecular weight excluding hydrogens is 182 g/mol. The largest absolute Gasteiger partial charge is 0.310 e. The van der Waals surface area contributed by atoms with E-state index in [0.717, 1.165) is 12.5 Å². The molecule has 1 aliphatic carbocycles. The van der Waals surface area contributed by atoms with Gasteiger partial charge in [-0.25, -0.2) is 0 Å². The van der Waals surface area contributed by atoms with Crippen LogP contribution in [0.2, 0.25) is 0 Å². The van der Waals surface area contributed by atoms with Gasteiger partial charge in [-0.1, -0.05) is 38.1 Å². The van der Waals surface area contributed by atoms with Crippen LogP contribution in [-0.4, -0.2) is 6.54 Å². The minimum atomic E-state index is 0.595. The zero-order valence-corrected chi connectivity index (χ0v) is 9.79. The average molecular weight is 203 g/mol. The van der Waals surface area contributed by atoms with Crippen molar-refractivity contribution in [2.24, 2.45) is 0 Å². The van der Waals surface area contributed by atoms with Crippen LogP contribution in [0.25, 0.3) is 0 Å². The molecule has 0 amide bonds. The minimum absolute atomic E-state index is 0.595. The zero-order chi connectivity index (χ0) is 10.7. The summed E-state index contributed by atoms with van der Waals surface area (Å²) < 4.78 is 0. The van der Waals surface area contributed by atoms with E-state index in [1.165, 1.54) is 24.8 Å². The van der Waals surface area contributed by atoms with Crippen LogP contribution in [0.4, 0.5) is 0 Å². The summed E-state index contributed by atoms with van der Waals surface area (Å²) in [6.07, 6.45) is 3.82. The summed E-state index contributed by atoms with van der Waals surface area (Å²) in [5.74, 6) is 0.737. The normalized spacial score (nSPS) is 24.9. The van der Waals surface area contributed by atoms with Gasteiger partial charge in [0.05, 0.1) is 0 Å². The molecule has 0 aliphatic heterocycles. The van der Waals surface area contributed by atoms with Crippen molar-refractivity contribution in [3.63, 3.8) is 0 Å². The fraction of sp³-hybridized carbons (Fsp3) is 0.571. The van der Waals surface area contributed by atoms with Gasteiger partial charge in [-0.2, -0.15) is 0 Å². The third-order valence-electron chi connectivity index (χ3n) is 3.43. The standard InChI is InChI=1S/C14H21N/c1-3-10-15-14-9-8-11(2)12-6-4-5-7-13(12)14/h4-7,11,14-15H,3,8-10H2,1-2H3/t11-,14-/m1/s1. The van der Waals surface area contributed by atoms with Crippen LogP contribution in [0.15, 0.2) is 24.3 Å². The van der Waals surface area contributed by atoms with E-state index < -0.39 is 0 Å². The Labute approximate surface area is 92.9 Å². The van der Waals surface area contributed by atoms with Crippen molar-refractivity contribution in [3.8, 4) is 0 Å². The van der Waals surface area contributed by atoms with Gasteiger partial charge < -0.3 is 5.32 Å². The van der Waals surface area contributed by atoms with Gasteiger partial charge in [-0.15, -0.1) is 0 Å². The van der Waals surface area contributed by atoms with Gasteiger partial charge in [-0.05, 0) is 42.9 Å². The van der Waals surface area contributed by atoms with Crippen molar-refractivity contribution in [1.29, 1.82) is 0 Å². The quantitative estimate of drug-likeness (QED) is 0.791. The molecule has 0 bridgehead atoms. The molecule has 1 N–H and O–H groups in total. The Kier molecular flexibility index (Phi) is 3.42. The van der Waals surface area contributed by atoms with Crippen molar-refractivity contribution in [1.82, 2.24) is 5.32 Å². The summed E-state index contributed by atoms with van der Waals surface area (Å²) in [5.41, 5.74) is 3.09. The molecule has 1 aromatic carbocycles. The fourth-order valence-corrected chi connectivity index (χ4v) is 2.54. The van der Waals surface area contributed by atoms with Crippen LogP contribution in [0.5, 0.6) is 0 Å². The van der Waals surface area contributed by atoms with E-state index in [-0.39, 0.29) is 0 Å². The SMILES string of the molecule is CCCN[C@@H]1CC[C@@H](C)c2ccccc21. The van der Waals surface area contributed by atoms with E-state index in [2.05, 4.69) is 43.4 Å². The van der Waals surface area contributed by atoms with Crippen molar-refractivity contribution in [3.05, 3.63) is 35.4 Å². The third-order valence-corrected chi connectivity index (χ3v) is 3.43. The molecule has 2 atom stereocenters. The van der Waals surface area contributed by atoms with Crippen molar-refractivity contribution < 1.29 is 0 Å². The first-order valence-corrected chi connectivity index (χ1v) is 6.15. The summed E-state index contributed by atoms with van der Waals surface area (Å²) in [6.45, 7) is 5.70. The third kappa shape index (κ3) is 2.23. The lowest BCUT2D eigenvalue weighted by atomic mass is 9.81. The number of hydrogen-bond acceptors (Lipinski definition) is 1. The van der Waals surface area contributed by atoms with Crippen LogP contribution < -0.4 is 5.32 Å². The van der Waals surface area contributed by atoms with Crippen molar-refractivity contribution in [2.75, 3.05) is 6.54 Å². The Morgan fingerprint density at radius 2 is 1.93 bits per heavy atom. The number of hydrogen-bond donors (Lipinski definition) is 1. The van der Waals surface area contributed by atoms with Crippen molar-refractivity contribution in [2.45, 2.75) is 45.1 Å². The molecule has 0 spiro atoms. The molecule has 1 aromatic rings. The topological polar surface area (TPSA) is 12.0 Å². The predicted octanol–water partition coefficient (Wildman–Crippen LogP) is 3.62. The number of fused-ring (bicyclic) bond motifs is 1. The van der Waals surface area contributed by atoms with Crippen LogP contribution in [0, 0.1) is 0 Å². The number of rotatable bonds is 3. The van der Waals surface area contributed by atoms with Crippen molar-refractivity contribution >= 4 is 0 Å². The Balaban J connectivity index is 2.20. The van der Waals surface area contributed by atoms with Crippen LogP contribution in [0.1, 0.15) is 56.2 Å². The highest BCUT2D eigenvalue weighted by Crippen LogP contribution is 2.36. The van der Waals surface area contributed by atoms with Gasteiger partial charge >= 0.3 is 0 Å². The summed E-state index contributed by atoms with van der Waals surface area (Å²) in [6, 6.07) is 9.50. The highest BCUT2D eigenvalue weighted by molar-refractivity contribution is 5.34. The maximum atomic E-state index is 3.65. The van der Waals surface area contributed by atoms with Gasteiger partial charge in [0.2, 0.25) is 0 Å². The molecule has 0 fully saturated rings. The molecule has 1 nitrogen and oxygen atoms in total. The molecule has 82 valence electrons. The summed E-state index contributed by atoms with van der Waals surface area (Å²) >= 11 is 0. The first kappa shape index (κ1) is 10.7. The molecule has 0 saturated carbocycles. The second-order valence-electron chi connectivity index (χ2n) is 4.61. The second-order valence-corrected chi connectivity index (χ2v) is 4.61. The van der Waals surface area contributed by atoms with Crippen LogP contribution >= 0.6 is 0 Å². The monoisotopic (exact) mass is 203 g/mol. The molecule has 2 rings (SSSR count). The fourth-order valence-electron chi connectivity index (χ4n) is 2.54. The van der Waals surface area contributed by atoms with Gasteiger partial charge in [0, 0.05) is 6.04 Å². The van der Waals surface area contributed by atoms with E-state index in [1.54, 1.807) is 5.56 Å². The Morgan fingerprint density at radius 1 is 1.20 bits per heavy atom. The average Bonchev–Trinajstić information content (AvgIpc) is 2.29. The highest BCUT2D eigenvalue weighted by Gasteiger charge is 2.23. The first-order chi connectivity index (χ1) is 7.33. The zero-order valence-electron chi connectivity index (χ0n) is 9.79. The van der Waals surface area contributed by atoms with Crippen LogP contribution in [-0.2, 0) is 0 Å². The Hall–Kier alpha value is -0.820. The van der Waals surface area contributed by atoms with Crippen LogP contribution in [0.3, 0.4) is 0 Å². The van der Waals surface area contributed by atoms with E-state index in [4.69, 9.17) is 0 Å². The van der Waals surface area contributed by atoms with E-state index in [9.17, 15) is 0 Å². The number of benzene rings is 1. The second kappa shape index (κ2) is 4.80. The molecule has 0 unspecified atom stereocenters. The van der Waals surface area contributed by atoms with E-state index >= 15 is 0 Å². The lowest BCUT2D eigenvalue weighted by Crippen LogP contribution is -2.26. The summed E-state index contributed by atoms with van der Waals surface area (Å²) in [4.78, 5) is 0. The molecule has 0 radical (unpaired) electrons.